The Balaban J connectivity index is 1.30. The first-order valence-electron chi connectivity index (χ1n) is 17.3. The van der Waals surface area contributed by atoms with Gasteiger partial charge in [0.25, 0.3) is 0 Å². The summed E-state index contributed by atoms with van der Waals surface area (Å²) >= 11 is 2.83. The molecule has 3 aromatic heterocycles. The normalized spacial score (nSPS) is 11.3. The van der Waals surface area contributed by atoms with Crippen LogP contribution in [0.4, 0.5) is 26.3 Å². The molecule has 2 N–H and O–H groups in total. The number of hydrogen-bond donors (Lipinski definition) is 2. The standard InChI is InChI=1S/C38H45FN8O3S2/c1-26-24-33(44-45-35(26)43-37-41-29-15-8-9-16-31(29)51-37)46(21-10-6-7-11-22-47(3,4)5)38-42-34(36(48)49)32(52-38)17-13-23-50-30-19-18-27(25-28(30)39)14-12-20-40-2/h8-9,15-16,18-19,24-25,40H,6-7,10-11,13,17,20-23H2,1-5H3,(H-,41,43,45,48,49). The van der Waals surface area contributed by atoms with Gasteiger partial charge in [0.2, 0.25) is 0 Å². The average Bonchev–Trinajstić information content (AvgIpc) is 3.72. The van der Waals surface area contributed by atoms with Gasteiger partial charge in [-0.05, 0) is 88.0 Å². The van der Waals surface area contributed by atoms with Gasteiger partial charge in [-0.15, -0.1) is 21.5 Å². The lowest BCUT2D eigenvalue weighted by molar-refractivity contribution is -0.870. The van der Waals surface area contributed by atoms with Crippen LogP contribution in [0.2, 0.25) is 0 Å². The number of halogens is 1. The van der Waals surface area contributed by atoms with Crippen molar-refractivity contribution in [2.24, 2.45) is 0 Å². The van der Waals surface area contributed by atoms with E-state index in [9.17, 15) is 14.3 Å². The number of unbranched alkanes of at least 4 members (excludes halogenated alkanes) is 3. The van der Waals surface area contributed by atoms with E-state index < -0.39 is 11.8 Å². The summed E-state index contributed by atoms with van der Waals surface area (Å²) in [6.45, 7) is 4.32. The monoisotopic (exact) mass is 744 g/mol. The van der Waals surface area contributed by atoms with Crippen LogP contribution in [0.3, 0.4) is 0 Å². The zero-order valence-corrected chi connectivity index (χ0v) is 31.9. The third-order valence-corrected chi connectivity index (χ3v) is 10.2. The predicted molar refractivity (Wildman–Crippen MR) is 206 cm³/mol. The maximum Gasteiger partial charge on any atom is 0.191 e. The molecule has 0 unspecified atom stereocenters. The summed E-state index contributed by atoms with van der Waals surface area (Å²) < 4.78 is 22.3. The van der Waals surface area contributed by atoms with Crippen LogP contribution in [0.15, 0.2) is 48.5 Å². The molecule has 274 valence electrons. The van der Waals surface area contributed by atoms with E-state index in [2.05, 4.69) is 63.8 Å². The Morgan fingerprint density at radius 2 is 1.83 bits per heavy atom. The third-order valence-electron chi connectivity index (χ3n) is 8.07. The molecule has 52 heavy (non-hydrogen) atoms. The van der Waals surface area contributed by atoms with Crippen molar-refractivity contribution in [2.75, 3.05) is 64.6 Å². The van der Waals surface area contributed by atoms with E-state index in [4.69, 9.17) is 4.74 Å². The number of fused-ring (bicyclic) bond motifs is 1. The van der Waals surface area contributed by atoms with Gasteiger partial charge in [0.05, 0.1) is 57.0 Å². The number of nitrogens with one attached hydrogen (secondary N) is 2. The molecule has 14 heteroatoms. The van der Waals surface area contributed by atoms with Crippen LogP contribution < -0.4 is 25.4 Å². The van der Waals surface area contributed by atoms with Gasteiger partial charge in [-0.25, -0.2) is 14.4 Å². The van der Waals surface area contributed by atoms with Gasteiger partial charge in [0.15, 0.2) is 33.5 Å². The van der Waals surface area contributed by atoms with Gasteiger partial charge in [-0.2, -0.15) is 0 Å². The lowest BCUT2D eigenvalue weighted by atomic mass is 10.1. The highest BCUT2D eigenvalue weighted by molar-refractivity contribution is 7.22. The van der Waals surface area contributed by atoms with E-state index in [-0.39, 0.29) is 18.1 Å². The van der Waals surface area contributed by atoms with Crippen molar-refractivity contribution in [2.45, 2.75) is 45.4 Å². The second-order valence-electron chi connectivity index (χ2n) is 13.4. The Morgan fingerprint density at radius 1 is 1.02 bits per heavy atom. The smallest absolute Gasteiger partial charge is 0.191 e. The Labute approximate surface area is 312 Å². The molecule has 2 aromatic carbocycles. The Morgan fingerprint density at radius 3 is 2.56 bits per heavy atom. The fourth-order valence-corrected chi connectivity index (χ4v) is 7.39. The minimum Gasteiger partial charge on any atom is -0.543 e. The van der Waals surface area contributed by atoms with Crippen LogP contribution in [0.25, 0.3) is 10.2 Å². The van der Waals surface area contributed by atoms with Gasteiger partial charge < -0.3 is 34.7 Å². The average molecular weight is 745 g/mol. The molecule has 11 nitrogen and oxygen atoms in total. The molecule has 0 radical (unpaired) electrons. The molecule has 5 rings (SSSR count). The number of aryl methyl sites for hydroxylation is 2. The van der Waals surface area contributed by atoms with E-state index in [0.717, 1.165) is 57.6 Å². The minimum atomic E-state index is -1.35. The summed E-state index contributed by atoms with van der Waals surface area (Å²) in [4.78, 5) is 23.9. The Kier molecular flexibility index (Phi) is 13.5. The number of carboxylic acids is 1. The lowest BCUT2D eigenvalue weighted by Crippen LogP contribution is -2.35. The lowest BCUT2D eigenvalue weighted by Gasteiger charge is -2.24. The summed E-state index contributed by atoms with van der Waals surface area (Å²) in [7, 11) is 8.37. The third kappa shape index (κ3) is 10.9. The number of carbonyl (C=O) groups excluding carboxylic acids is 1. The molecule has 5 aromatic rings. The molecular formula is C38H45FN8O3S2. The number of aromatic nitrogens is 4. The van der Waals surface area contributed by atoms with Crippen molar-refractivity contribution in [3.63, 3.8) is 0 Å². The highest BCUT2D eigenvalue weighted by Crippen LogP contribution is 2.34. The number of quaternary nitrogens is 1. The molecule has 0 aliphatic heterocycles. The van der Waals surface area contributed by atoms with E-state index in [1.807, 2.05) is 42.2 Å². The largest absolute Gasteiger partial charge is 0.543 e. The van der Waals surface area contributed by atoms with Gasteiger partial charge in [-0.3, -0.25) is 0 Å². The van der Waals surface area contributed by atoms with Gasteiger partial charge in [-0.1, -0.05) is 41.7 Å². The molecule has 0 aliphatic carbocycles. The number of carboxylic acid groups (broad SMARTS) is 1. The summed E-state index contributed by atoms with van der Waals surface area (Å²) in [5, 5.41) is 28.8. The number of thiazole rings is 2. The summed E-state index contributed by atoms with van der Waals surface area (Å²) in [6, 6.07) is 14.5. The number of para-hydroxylation sites is 1. The number of hydrogen-bond acceptors (Lipinski definition) is 12. The number of benzene rings is 2. The van der Waals surface area contributed by atoms with Gasteiger partial charge in [0, 0.05) is 17.0 Å². The summed E-state index contributed by atoms with van der Waals surface area (Å²) in [5.41, 5.74) is 2.22. The first-order valence-corrected chi connectivity index (χ1v) is 19.0. The van der Waals surface area contributed by atoms with E-state index >= 15 is 0 Å². The van der Waals surface area contributed by atoms with Crippen molar-refractivity contribution in [1.29, 1.82) is 0 Å². The minimum absolute atomic E-state index is 0.109. The summed E-state index contributed by atoms with van der Waals surface area (Å²) in [5.74, 6) is 5.22. The number of aromatic carboxylic acids is 1. The fraction of sp³-hybridized carbons (Fsp3) is 0.395. The van der Waals surface area contributed by atoms with E-state index in [1.54, 1.807) is 19.2 Å². The molecule has 0 amide bonds. The number of ether oxygens (including phenoxy) is 1. The maximum absolute atomic E-state index is 14.6. The molecule has 0 atom stereocenters. The second-order valence-corrected chi connectivity index (χ2v) is 15.5. The van der Waals surface area contributed by atoms with Crippen molar-refractivity contribution >= 4 is 60.8 Å². The van der Waals surface area contributed by atoms with Gasteiger partial charge >= 0.3 is 0 Å². The molecule has 0 fully saturated rings. The van der Waals surface area contributed by atoms with Gasteiger partial charge in [0.1, 0.15) is 5.69 Å². The molecule has 3 heterocycles. The van der Waals surface area contributed by atoms with E-state index in [1.165, 1.54) is 28.7 Å². The molecular weight excluding hydrogens is 700 g/mol. The molecule has 0 spiro atoms. The number of anilines is 4. The zero-order chi connectivity index (χ0) is 37.1. The fourth-order valence-electron chi connectivity index (χ4n) is 5.40. The molecule has 0 aliphatic rings. The number of carbonyl (C=O) groups is 1. The van der Waals surface area contributed by atoms with Crippen molar-refractivity contribution < 1.29 is 23.5 Å². The Bertz CT molecular complexity index is 2000. The highest BCUT2D eigenvalue weighted by Gasteiger charge is 2.21. The van der Waals surface area contributed by atoms with Crippen LogP contribution in [-0.4, -0.2) is 85.0 Å². The predicted octanol–water partition coefficient (Wildman–Crippen LogP) is 6.08. The zero-order valence-electron chi connectivity index (χ0n) is 30.3. The maximum atomic E-state index is 14.6. The van der Waals surface area contributed by atoms with Crippen LogP contribution >= 0.6 is 22.7 Å². The number of nitrogens with zero attached hydrogens (tertiary/aromatic N) is 6. The number of rotatable bonds is 18. The quantitative estimate of drug-likeness (QED) is 0.0619. The van der Waals surface area contributed by atoms with Crippen LogP contribution in [0.1, 0.15) is 58.6 Å². The second kappa shape index (κ2) is 18.2. The van der Waals surface area contributed by atoms with Crippen LogP contribution in [0.5, 0.6) is 5.75 Å². The van der Waals surface area contributed by atoms with Crippen LogP contribution in [0, 0.1) is 24.6 Å². The van der Waals surface area contributed by atoms with Crippen molar-refractivity contribution in [3.8, 4) is 17.6 Å². The van der Waals surface area contributed by atoms with Crippen molar-refractivity contribution in [1.82, 2.24) is 25.5 Å². The molecule has 0 saturated carbocycles. The van der Waals surface area contributed by atoms with Crippen molar-refractivity contribution in [3.05, 3.63) is 76.0 Å². The first kappa shape index (κ1) is 38.5. The van der Waals surface area contributed by atoms with Crippen LogP contribution in [-0.2, 0) is 6.42 Å². The summed E-state index contributed by atoms with van der Waals surface area (Å²) in [6.07, 6.45) is 4.87. The Hall–Kier alpha value is -4.68. The SMILES string of the molecule is CNCC#Cc1ccc(OCCCc2sc(N(CCCCCC[N+](C)(C)C)c3cc(C)c(Nc4nc5ccccc5s4)nn3)nc2C(=O)[O-])c(F)c1. The molecule has 0 saturated heterocycles. The topological polar surface area (TPSA) is 128 Å². The van der Waals surface area contributed by atoms with E-state index in [0.29, 0.717) is 53.1 Å². The first-order chi connectivity index (χ1) is 25.0. The molecule has 0 bridgehead atoms. The highest BCUT2D eigenvalue weighted by atomic mass is 32.1.